The molecule has 0 bridgehead atoms. The Labute approximate surface area is 201 Å². The van der Waals surface area contributed by atoms with Crippen LogP contribution in [0.5, 0.6) is 0 Å². The number of halogens is 3. The van der Waals surface area contributed by atoms with Gasteiger partial charge in [0.1, 0.15) is 6.54 Å². The van der Waals surface area contributed by atoms with E-state index in [1.165, 1.54) is 28.8 Å². The number of likely N-dealkylation sites (tertiary alicyclic amines) is 1. The average molecular weight is 490 g/mol. The third kappa shape index (κ3) is 5.47. The molecular formula is C25H26F3N3O2S. The number of fused-ring (bicyclic) bond motifs is 1. The molecule has 0 saturated carbocycles. The number of hydrogen-bond acceptors (Lipinski definition) is 4. The monoisotopic (exact) mass is 489 g/mol. The molecule has 0 radical (unpaired) electrons. The average Bonchev–Trinajstić information content (AvgIpc) is 3.28. The third-order valence-corrected chi connectivity index (χ3v) is 7.19. The van der Waals surface area contributed by atoms with Crippen molar-refractivity contribution in [1.29, 1.82) is 0 Å². The Morgan fingerprint density at radius 1 is 1.18 bits per heavy atom. The molecule has 2 aliphatic heterocycles. The van der Waals surface area contributed by atoms with Gasteiger partial charge in [-0.05, 0) is 61.8 Å². The Balaban J connectivity index is 1.51. The number of carbonyl (C=O) groups excluding carboxylic acids is 2. The highest BCUT2D eigenvalue weighted by Crippen LogP contribution is 2.42. The van der Waals surface area contributed by atoms with Crippen LogP contribution in [0.4, 0.5) is 18.9 Å². The van der Waals surface area contributed by atoms with E-state index < -0.39 is 11.7 Å². The highest BCUT2D eigenvalue weighted by atomic mass is 32.2. The second-order valence-corrected chi connectivity index (χ2v) is 9.40. The zero-order valence-electron chi connectivity index (χ0n) is 18.8. The van der Waals surface area contributed by atoms with Crippen molar-refractivity contribution < 1.29 is 22.8 Å². The van der Waals surface area contributed by atoms with Gasteiger partial charge in [-0.25, -0.2) is 0 Å². The topological polar surface area (TPSA) is 52.7 Å². The Hall–Kier alpha value is -2.78. The lowest BCUT2D eigenvalue weighted by atomic mass is 10.1. The van der Waals surface area contributed by atoms with E-state index in [4.69, 9.17) is 0 Å². The number of para-hydroxylation sites is 1. The van der Waals surface area contributed by atoms with E-state index in [1.807, 2.05) is 12.1 Å². The fourth-order valence-corrected chi connectivity index (χ4v) is 5.37. The van der Waals surface area contributed by atoms with Gasteiger partial charge in [-0.15, -0.1) is 0 Å². The first-order valence-corrected chi connectivity index (χ1v) is 12.1. The number of alkyl halides is 3. The minimum Gasteiger partial charge on any atom is -0.353 e. The lowest BCUT2D eigenvalue weighted by Crippen LogP contribution is -2.46. The van der Waals surface area contributed by atoms with Gasteiger partial charge in [-0.3, -0.25) is 19.4 Å². The molecule has 1 N–H and O–H groups in total. The lowest BCUT2D eigenvalue weighted by molar-refractivity contribution is -0.137. The number of carbonyl (C=O) groups is 2. The summed E-state index contributed by atoms with van der Waals surface area (Å²) in [6.07, 6.45) is -0.708. The van der Waals surface area contributed by atoms with Crippen LogP contribution in [0.15, 0.2) is 58.3 Å². The van der Waals surface area contributed by atoms with E-state index in [-0.39, 0.29) is 18.4 Å². The van der Waals surface area contributed by atoms with E-state index in [0.29, 0.717) is 28.7 Å². The molecule has 0 aromatic heterocycles. The molecule has 2 aromatic rings. The molecule has 1 unspecified atom stereocenters. The molecule has 0 spiro atoms. The maximum Gasteiger partial charge on any atom is 0.416 e. The number of nitrogens with one attached hydrogen (secondary N) is 1. The van der Waals surface area contributed by atoms with Gasteiger partial charge in [0.15, 0.2) is 0 Å². The second kappa shape index (κ2) is 10.2. The molecule has 2 aromatic carbocycles. The quantitative estimate of drug-likeness (QED) is 0.593. The van der Waals surface area contributed by atoms with Crippen molar-refractivity contribution in [2.45, 2.75) is 36.9 Å². The van der Waals surface area contributed by atoms with E-state index >= 15 is 0 Å². The molecule has 1 saturated heterocycles. The van der Waals surface area contributed by atoms with Crippen molar-refractivity contribution in [1.82, 2.24) is 10.2 Å². The Bertz CT molecular complexity index is 1090. The fourth-order valence-electron chi connectivity index (χ4n) is 4.31. The molecule has 2 aliphatic rings. The second-order valence-electron chi connectivity index (χ2n) is 8.32. The van der Waals surface area contributed by atoms with Gasteiger partial charge in [0, 0.05) is 17.5 Å². The van der Waals surface area contributed by atoms with Crippen molar-refractivity contribution in [2.75, 3.05) is 31.1 Å². The van der Waals surface area contributed by atoms with Gasteiger partial charge in [0.2, 0.25) is 5.91 Å². The first-order chi connectivity index (χ1) is 16.3. The fraction of sp³-hybridized carbons (Fsp3) is 0.360. The number of amides is 2. The van der Waals surface area contributed by atoms with Crippen LogP contribution in [0.3, 0.4) is 0 Å². The largest absolute Gasteiger partial charge is 0.416 e. The molecule has 1 fully saturated rings. The number of benzene rings is 2. The first kappa shape index (κ1) is 24.3. The summed E-state index contributed by atoms with van der Waals surface area (Å²) in [4.78, 5) is 31.0. The summed E-state index contributed by atoms with van der Waals surface area (Å²) in [7, 11) is 0. The van der Waals surface area contributed by atoms with Crippen LogP contribution in [0.2, 0.25) is 0 Å². The number of likely N-dealkylation sites (N-methyl/N-ethyl adjacent to an activating group) is 1. The van der Waals surface area contributed by atoms with E-state index in [0.717, 1.165) is 43.0 Å². The van der Waals surface area contributed by atoms with E-state index in [9.17, 15) is 22.8 Å². The molecule has 34 heavy (non-hydrogen) atoms. The van der Waals surface area contributed by atoms with Crippen LogP contribution in [0, 0.1) is 0 Å². The van der Waals surface area contributed by atoms with Gasteiger partial charge in [-0.1, -0.05) is 43.0 Å². The SMILES string of the molecule is CCN1CCCC1CNC(=O)CN1C(=O)C(=Cc2ccc(C(F)(F)F)cc2)Sc2ccccc21. The molecule has 1 atom stereocenters. The third-order valence-electron chi connectivity index (χ3n) is 6.11. The van der Waals surface area contributed by atoms with Crippen molar-refractivity contribution in [3.63, 3.8) is 0 Å². The molecule has 0 aliphatic carbocycles. The molecule has 2 amide bonds. The smallest absolute Gasteiger partial charge is 0.353 e. The number of thioether (sulfide) groups is 1. The Kier molecular flexibility index (Phi) is 7.33. The predicted octanol–water partition coefficient (Wildman–Crippen LogP) is 4.79. The van der Waals surface area contributed by atoms with E-state index in [2.05, 4.69) is 17.1 Å². The number of nitrogens with zero attached hydrogens (tertiary/aromatic N) is 2. The highest BCUT2D eigenvalue weighted by Gasteiger charge is 2.32. The van der Waals surface area contributed by atoms with Crippen LogP contribution < -0.4 is 10.2 Å². The summed E-state index contributed by atoms with van der Waals surface area (Å²) in [5, 5.41) is 2.97. The summed E-state index contributed by atoms with van der Waals surface area (Å²) in [6.45, 7) is 4.49. The normalized spacial score (nSPS) is 20.0. The summed E-state index contributed by atoms with van der Waals surface area (Å²) in [5.74, 6) is -0.596. The molecule has 5 nitrogen and oxygen atoms in total. The van der Waals surface area contributed by atoms with Gasteiger partial charge in [-0.2, -0.15) is 13.2 Å². The molecule has 4 rings (SSSR count). The molecule has 2 heterocycles. The van der Waals surface area contributed by atoms with Crippen LogP contribution in [-0.2, 0) is 15.8 Å². The standard InChI is InChI=1S/C25H26F3N3O2S/c1-2-30-13-5-6-19(30)15-29-23(32)16-31-20-7-3-4-8-21(20)34-22(24(31)33)14-17-9-11-18(12-10-17)25(26,27)28/h3-4,7-12,14,19H,2,5-6,13,15-16H2,1H3,(H,29,32). The van der Waals surface area contributed by atoms with Gasteiger partial charge in [0.25, 0.3) is 5.91 Å². The number of anilines is 1. The molecule has 9 heteroatoms. The number of rotatable bonds is 6. The minimum atomic E-state index is -4.42. The van der Waals surface area contributed by atoms with E-state index in [1.54, 1.807) is 18.2 Å². The van der Waals surface area contributed by atoms with Crippen molar-refractivity contribution in [3.8, 4) is 0 Å². The van der Waals surface area contributed by atoms with Gasteiger partial charge >= 0.3 is 6.18 Å². The van der Waals surface area contributed by atoms with Gasteiger partial charge in [0.05, 0.1) is 16.2 Å². The minimum absolute atomic E-state index is 0.125. The first-order valence-electron chi connectivity index (χ1n) is 11.2. The van der Waals surface area contributed by atoms with Gasteiger partial charge < -0.3 is 5.32 Å². The summed E-state index contributed by atoms with van der Waals surface area (Å²) in [6, 6.07) is 12.3. The van der Waals surface area contributed by atoms with Crippen LogP contribution in [0.25, 0.3) is 6.08 Å². The van der Waals surface area contributed by atoms with Crippen molar-refractivity contribution >= 4 is 35.3 Å². The highest BCUT2D eigenvalue weighted by molar-refractivity contribution is 8.04. The van der Waals surface area contributed by atoms with Crippen molar-refractivity contribution in [2.24, 2.45) is 0 Å². The maximum atomic E-state index is 13.3. The van der Waals surface area contributed by atoms with Crippen LogP contribution in [0.1, 0.15) is 30.9 Å². The maximum absolute atomic E-state index is 13.3. The summed E-state index contributed by atoms with van der Waals surface area (Å²) >= 11 is 1.25. The van der Waals surface area contributed by atoms with Crippen LogP contribution in [-0.4, -0.2) is 48.9 Å². The predicted molar refractivity (Wildman–Crippen MR) is 127 cm³/mol. The Morgan fingerprint density at radius 2 is 1.91 bits per heavy atom. The summed E-state index contributed by atoms with van der Waals surface area (Å²) < 4.78 is 38.6. The van der Waals surface area contributed by atoms with Crippen molar-refractivity contribution in [3.05, 3.63) is 64.6 Å². The Morgan fingerprint density at radius 3 is 2.62 bits per heavy atom. The summed E-state index contributed by atoms with van der Waals surface area (Å²) in [5.41, 5.74) is 0.381. The molecule has 180 valence electrons. The zero-order chi connectivity index (χ0) is 24.3. The van der Waals surface area contributed by atoms with Crippen LogP contribution >= 0.6 is 11.8 Å². The number of hydrogen-bond donors (Lipinski definition) is 1. The zero-order valence-corrected chi connectivity index (χ0v) is 19.6. The molecular weight excluding hydrogens is 463 g/mol. The lowest BCUT2D eigenvalue weighted by Gasteiger charge is -2.30.